The van der Waals surface area contributed by atoms with E-state index in [0.29, 0.717) is 6.42 Å². The van der Waals surface area contributed by atoms with Crippen molar-refractivity contribution >= 4 is 0 Å². The van der Waals surface area contributed by atoms with Crippen LogP contribution in [0, 0.1) is 11.3 Å². The number of hydrogen-bond acceptors (Lipinski definition) is 3. The second-order valence-corrected chi connectivity index (χ2v) is 3.12. The van der Waals surface area contributed by atoms with Crippen LogP contribution >= 0.6 is 0 Å². The minimum Gasteiger partial charge on any atom is -0.334 e. The molecular weight excluding hydrogens is 176 g/mol. The molecule has 1 N–H and O–H groups in total. The number of hydrogen-bond donors (Lipinski definition) is 1. The van der Waals surface area contributed by atoms with Crippen molar-refractivity contribution in [3.63, 3.8) is 0 Å². The van der Waals surface area contributed by atoms with Crippen molar-refractivity contribution in [2.75, 3.05) is 6.54 Å². The van der Waals surface area contributed by atoms with E-state index in [1.54, 1.807) is 0 Å². The number of aryl methyl sites for hydroxylation is 1. The van der Waals surface area contributed by atoms with Gasteiger partial charge in [-0.15, -0.1) is 0 Å². The molecular formula is C10H16N4. The summed E-state index contributed by atoms with van der Waals surface area (Å²) in [4.78, 5) is 4.25. The molecule has 0 atom stereocenters. The van der Waals surface area contributed by atoms with Crippen molar-refractivity contribution < 1.29 is 0 Å². The molecule has 1 rings (SSSR count). The maximum Gasteiger partial charge on any atom is 0.122 e. The summed E-state index contributed by atoms with van der Waals surface area (Å²) in [5.74, 6) is 1.05. The second kappa shape index (κ2) is 6.17. The molecule has 0 unspecified atom stereocenters. The first-order valence-corrected chi connectivity index (χ1v) is 4.96. The van der Waals surface area contributed by atoms with Crippen molar-refractivity contribution in [2.45, 2.75) is 32.9 Å². The summed E-state index contributed by atoms with van der Waals surface area (Å²) in [6.07, 6.45) is 5.47. The number of nitrogens with zero attached hydrogens (tertiary/aromatic N) is 3. The fourth-order valence-corrected chi connectivity index (χ4v) is 1.30. The average molecular weight is 192 g/mol. The summed E-state index contributed by atoms with van der Waals surface area (Å²) in [5, 5.41) is 11.5. The van der Waals surface area contributed by atoms with Gasteiger partial charge >= 0.3 is 0 Å². The standard InChI is InChI=1S/C10H16N4/c1-2-7-14-8-6-13-10(14)9-12-5-3-4-11/h6,8,12H,2-3,5,7,9H2,1H3. The number of imidazole rings is 1. The smallest absolute Gasteiger partial charge is 0.122 e. The van der Waals surface area contributed by atoms with Crippen LogP contribution in [0.1, 0.15) is 25.6 Å². The molecule has 0 aliphatic carbocycles. The number of rotatable bonds is 6. The second-order valence-electron chi connectivity index (χ2n) is 3.12. The van der Waals surface area contributed by atoms with Crippen molar-refractivity contribution in [2.24, 2.45) is 0 Å². The van der Waals surface area contributed by atoms with E-state index in [1.807, 2.05) is 12.4 Å². The highest BCUT2D eigenvalue weighted by atomic mass is 15.1. The third kappa shape index (κ3) is 3.19. The quantitative estimate of drug-likeness (QED) is 0.691. The van der Waals surface area contributed by atoms with E-state index in [-0.39, 0.29) is 0 Å². The largest absolute Gasteiger partial charge is 0.334 e. The molecule has 0 aliphatic heterocycles. The molecule has 1 heterocycles. The van der Waals surface area contributed by atoms with Crippen molar-refractivity contribution in [1.82, 2.24) is 14.9 Å². The Labute approximate surface area is 84.6 Å². The molecule has 0 fully saturated rings. The Morgan fingerprint density at radius 3 is 3.21 bits per heavy atom. The topological polar surface area (TPSA) is 53.6 Å². The zero-order valence-corrected chi connectivity index (χ0v) is 8.53. The van der Waals surface area contributed by atoms with Gasteiger partial charge in [0.2, 0.25) is 0 Å². The van der Waals surface area contributed by atoms with Crippen LogP contribution in [-0.2, 0) is 13.1 Å². The van der Waals surface area contributed by atoms with E-state index < -0.39 is 0 Å². The fraction of sp³-hybridized carbons (Fsp3) is 0.600. The molecule has 0 bridgehead atoms. The third-order valence-corrected chi connectivity index (χ3v) is 1.96. The summed E-state index contributed by atoms with van der Waals surface area (Å²) < 4.78 is 2.14. The summed E-state index contributed by atoms with van der Waals surface area (Å²) in [6.45, 7) is 4.63. The van der Waals surface area contributed by atoms with E-state index in [4.69, 9.17) is 5.26 Å². The lowest BCUT2D eigenvalue weighted by atomic mass is 10.4. The van der Waals surface area contributed by atoms with E-state index in [0.717, 1.165) is 31.9 Å². The van der Waals surface area contributed by atoms with Gasteiger partial charge in [-0.25, -0.2) is 4.98 Å². The monoisotopic (exact) mass is 192 g/mol. The van der Waals surface area contributed by atoms with E-state index in [1.165, 1.54) is 0 Å². The number of nitriles is 1. The van der Waals surface area contributed by atoms with Crippen molar-refractivity contribution in [1.29, 1.82) is 5.26 Å². The van der Waals surface area contributed by atoms with Gasteiger partial charge in [0.15, 0.2) is 0 Å². The highest BCUT2D eigenvalue weighted by molar-refractivity contribution is 4.91. The fourth-order valence-electron chi connectivity index (χ4n) is 1.30. The van der Waals surface area contributed by atoms with Crippen molar-refractivity contribution in [3.8, 4) is 6.07 Å². The van der Waals surface area contributed by atoms with Gasteiger partial charge in [0.25, 0.3) is 0 Å². The van der Waals surface area contributed by atoms with Gasteiger partial charge in [-0.1, -0.05) is 6.92 Å². The molecule has 4 heteroatoms. The highest BCUT2D eigenvalue weighted by Gasteiger charge is 2.00. The molecule has 4 nitrogen and oxygen atoms in total. The predicted molar refractivity (Wildman–Crippen MR) is 54.5 cm³/mol. The SMILES string of the molecule is CCCn1ccnc1CNCCC#N. The van der Waals surface area contributed by atoms with Crippen LogP contribution in [0.3, 0.4) is 0 Å². The molecule has 1 aromatic heterocycles. The van der Waals surface area contributed by atoms with Crippen LogP contribution in [0.4, 0.5) is 0 Å². The Balaban J connectivity index is 2.34. The summed E-state index contributed by atoms with van der Waals surface area (Å²) >= 11 is 0. The number of nitrogens with one attached hydrogen (secondary N) is 1. The lowest BCUT2D eigenvalue weighted by molar-refractivity contribution is 0.592. The number of aromatic nitrogens is 2. The Morgan fingerprint density at radius 1 is 1.64 bits per heavy atom. The molecule has 0 radical (unpaired) electrons. The Bertz CT molecular complexity index is 297. The normalized spacial score (nSPS) is 10.0. The van der Waals surface area contributed by atoms with Crippen LogP contribution in [0.15, 0.2) is 12.4 Å². The van der Waals surface area contributed by atoms with Gasteiger partial charge in [0.1, 0.15) is 5.82 Å². The summed E-state index contributed by atoms with van der Waals surface area (Å²) in [7, 11) is 0. The van der Waals surface area contributed by atoms with Crippen LogP contribution < -0.4 is 5.32 Å². The Morgan fingerprint density at radius 2 is 2.50 bits per heavy atom. The summed E-state index contributed by atoms with van der Waals surface area (Å²) in [5.41, 5.74) is 0. The molecule has 0 saturated heterocycles. The maximum absolute atomic E-state index is 8.35. The zero-order valence-electron chi connectivity index (χ0n) is 8.53. The van der Waals surface area contributed by atoms with E-state index in [9.17, 15) is 0 Å². The molecule has 14 heavy (non-hydrogen) atoms. The minimum atomic E-state index is 0.550. The van der Waals surface area contributed by atoms with Crippen LogP contribution in [0.2, 0.25) is 0 Å². The third-order valence-electron chi connectivity index (χ3n) is 1.96. The zero-order chi connectivity index (χ0) is 10.2. The molecule has 0 aliphatic rings. The van der Waals surface area contributed by atoms with Gasteiger partial charge in [-0.05, 0) is 6.42 Å². The van der Waals surface area contributed by atoms with Crippen LogP contribution in [-0.4, -0.2) is 16.1 Å². The molecule has 0 saturated carbocycles. The first-order chi connectivity index (χ1) is 6.88. The molecule has 0 amide bonds. The van der Waals surface area contributed by atoms with Crippen LogP contribution in [0.25, 0.3) is 0 Å². The van der Waals surface area contributed by atoms with Crippen LogP contribution in [0.5, 0.6) is 0 Å². The predicted octanol–water partition coefficient (Wildman–Crippen LogP) is 1.30. The van der Waals surface area contributed by atoms with Gasteiger partial charge in [-0.2, -0.15) is 5.26 Å². The highest BCUT2D eigenvalue weighted by Crippen LogP contribution is 1.98. The lowest BCUT2D eigenvalue weighted by Crippen LogP contribution is -2.17. The lowest BCUT2D eigenvalue weighted by Gasteiger charge is -2.06. The summed E-state index contributed by atoms with van der Waals surface area (Å²) in [6, 6.07) is 2.10. The molecule has 0 aromatic carbocycles. The van der Waals surface area contributed by atoms with E-state index in [2.05, 4.69) is 27.9 Å². The first-order valence-electron chi connectivity index (χ1n) is 4.96. The van der Waals surface area contributed by atoms with Gasteiger partial charge in [-0.3, -0.25) is 0 Å². The van der Waals surface area contributed by atoms with Crippen molar-refractivity contribution in [3.05, 3.63) is 18.2 Å². The van der Waals surface area contributed by atoms with Gasteiger partial charge in [0, 0.05) is 31.9 Å². The average Bonchev–Trinajstić information content (AvgIpc) is 2.61. The van der Waals surface area contributed by atoms with Gasteiger partial charge < -0.3 is 9.88 Å². The maximum atomic E-state index is 8.35. The van der Waals surface area contributed by atoms with E-state index >= 15 is 0 Å². The Hall–Kier alpha value is -1.34. The molecule has 76 valence electrons. The molecule has 0 spiro atoms. The first kappa shape index (κ1) is 10.7. The molecule has 1 aromatic rings. The minimum absolute atomic E-state index is 0.550. The van der Waals surface area contributed by atoms with Gasteiger partial charge in [0.05, 0.1) is 12.6 Å². The Kier molecular flexibility index (Phi) is 4.73.